The third kappa shape index (κ3) is 4.35. The molecule has 4 rings (SSSR count). The molecule has 0 spiro atoms. The van der Waals surface area contributed by atoms with E-state index in [1.54, 1.807) is 25.5 Å². The number of fused-ring (bicyclic) bond motifs is 2. The Balaban J connectivity index is 1.57. The maximum Gasteiger partial charge on any atom is 0.307 e. The topological polar surface area (TPSA) is 67.1 Å². The second-order valence-corrected chi connectivity index (χ2v) is 9.12. The summed E-state index contributed by atoms with van der Waals surface area (Å²) < 4.78 is 11.0. The predicted octanol–water partition coefficient (Wildman–Crippen LogP) is 6.27. The quantitative estimate of drug-likeness (QED) is 0.344. The van der Waals surface area contributed by atoms with Crippen LogP contribution in [0.3, 0.4) is 0 Å². The van der Waals surface area contributed by atoms with Crippen molar-refractivity contribution >= 4 is 46.0 Å². The smallest absolute Gasteiger partial charge is 0.307 e. The lowest BCUT2D eigenvalue weighted by atomic mass is 9.88. The number of hydrazone groups is 1. The van der Waals surface area contributed by atoms with Crippen molar-refractivity contribution in [3.63, 3.8) is 0 Å². The van der Waals surface area contributed by atoms with Crippen LogP contribution in [0.15, 0.2) is 52.0 Å². The number of rotatable bonds is 6. The molecule has 0 unspecified atom stereocenters. The zero-order chi connectivity index (χ0) is 23.8. The first-order chi connectivity index (χ1) is 15.7. The molecule has 3 aromatic rings. The van der Waals surface area contributed by atoms with Gasteiger partial charge in [0.2, 0.25) is 0 Å². The fraction of sp³-hybridized carbons (Fsp3) is 0.308. The molecule has 1 aromatic heterocycles. The number of hydrogen-bond donors (Lipinski definition) is 1. The number of para-hydroxylation sites is 1. The molecule has 33 heavy (non-hydrogen) atoms. The Bertz CT molecular complexity index is 1270. The van der Waals surface area contributed by atoms with E-state index in [-0.39, 0.29) is 11.3 Å². The number of nitrogens with one attached hydrogen (secondary N) is 1. The average Bonchev–Trinajstić information content (AvgIpc) is 3.21. The summed E-state index contributed by atoms with van der Waals surface area (Å²) in [5, 5.41) is 5.47. The number of methoxy groups -OCH3 is 1. The SMILES string of the molecule is CCCN1c2cc(Cl)c(/C=N\NC(=O)c3cc4cccc(OC)c4o3)cc2C(C)=CC1(C)C. The minimum atomic E-state index is -0.453. The number of benzene rings is 2. The number of amides is 1. The van der Waals surface area contributed by atoms with E-state index in [0.29, 0.717) is 16.4 Å². The molecular formula is C26H28ClN3O3. The zero-order valence-electron chi connectivity index (χ0n) is 19.5. The number of carbonyl (C=O) groups is 1. The van der Waals surface area contributed by atoms with Crippen molar-refractivity contribution in [2.24, 2.45) is 5.10 Å². The number of furan rings is 1. The number of anilines is 1. The second-order valence-electron chi connectivity index (χ2n) is 8.71. The Morgan fingerprint density at radius 2 is 2.09 bits per heavy atom. The minimum absolute atomic E-state index is 0.0880. The first-order valence-electron chi connectivity index (χ1n) is 11.0. The largest absolute Gasteiger partial charge is 0.493 e. The molecule has 1 aliphatic heterocycles. The number of allylic oxidation sites excluding steroid dienone is 1. The van der Waals surface area contributed by atoms with Crippen LogP contribution in [-0.2, 0) is 0 Å². The van der Waals surface area contributed by atoms with Gasteiger partial charge in [-0.25, -0.2) is 5.43 Å². The Kier molecular flexibility index (Phi) is 6.21. The lowest BCUT2D eigenvalue weighted by Crippen LogP contribution is -2.45. The van der Waals surface area contributed by atoms with E-state index in [2.05, 4.69) is 49.2 Å². The van der Waals surface area contributed by atoms with Crippen LogP contribution in [0.25, 0.3) is 16.5 Å². The Labute approximate surface area is 198 Å². The normalized spacial score (nSPS) is 15.0. The molecule has 0 bridgehead atoms. The molecular weight excluding hydrogens is 438 g/mol. The number of nitrogens with zero attached hydrogens (tertiary/aromatic N) is 2. The van der Waals surface area contributed by atoms with E-state index in [9.17, 15) is 4.79 Å². The third-order valence-corrected chi connectivity index (χ3v) is 6.19. The van der Waals surface area contributed by atoms with Crippen LogP contribution in [0, 0.1) is 0 Å². The van der Waals surface area contributed by atoms with Crippen molar-refractivity contribution in [1.29, 1.82) is 0 Å². The van der Waals surface area contributed by atoms with Crippen molar-refractivity contribution in [1.82, 2.24) is 5.43 Å². The molecule has 2 aromatic carbocycles. The highest BCUT2D eigenvalue weighted by atomic mass is 35.5. The summed E-state index contributed by atoms with van der Waals surface area (Å²) in [6.45, 7) is 9.63. The standard InChI is InChI=1S/C26H28ClN3O3/c1-6-10-30-21-13-20(27)18(11-19(21)16(2)14-26(30,3)4)15-28-29-25(31)23-12-17-8-7-9-22(32-5)24(17)33-23/h7-9,11-15H,6,10H2,1-5H3,(H,29,31)/b28-15-. The van der Waals surface area contributed by atoms with Crippen molar-refractivity contribution < 1.29 is 13.9 Å². The summed E-state index contributed by atoms with van der Waals surface area (Å²) in [5.74, 6) is 0.268. The Hall–Kier alpha value is -3.25. The lowest BCUT2D eigenvalue weighted by Gasteiger charge is -2.43. The van der Waals surface area contributed by atoms with Gasteiger partial charge >= 0.3 is 5.91 Å². The van der Waals surface area contributed by atoms with E-state index in [1.807, 2.05) is 24.3 Å². The van der Waals surface area contributed by atoms with Gasteiger partial charge in [0.15, 0.2) is 17.1 Å². The van der Waals surface area contributed by atoms with Crippen LogP contribution in [0.1, 0.15) is 55.8 Å². The van der Waals surface area contributed by atoms with Crippen LogP contribution in [0.5, 0.6) is 5.75 Å². The molecule has 7 heteroatoms. The maximum atomic E-state index is 12.6. The van der Waals surface area contributed by atoms with Gasteiger partial charge in [-0.3, -0.25) is 4.79 Å². The van der Waals surface area contributed by atoms with E-state index in [4.69, 9.17) is 20.8 Å². The van der Waals surface area contributed by atoms with Crippen LogP contribution >= 0.6 is 11.6 Å². The van der Waals surface area contributed by atoms with Crippen LogP contribution in [0.4, 0.5) is 5.69 Å². The van der Waals surface area contributed by atoms with Gasteiger partial charge in [-0.15, -0.1) is 0 Å². The highest BCUT2D eigenvalue weighted by Crippen LogP contribution is 2.41. The highest BCUT2D eigenvalue weighted by molar-refractivity contribution is 6.33. The summed E-state index contributed by atoms with van der Waals surface area (Å²) in [5.41, 5.74) is 7.10. The van der Waals surface area contributed by atoms with E-state index >= 15 is 0 Å². The van der Waals surface area contributed by atoms with Gasteiger partial charge in [-0.1, -0.05) is 36.7 Å². The highest BCUT2D eigenvalue weighted by Gasteiger charge is 2.31. The summed E-state index contributed by atoms with van der Waals surface area (Å²) >= 11 is 6.60. The zero-order valence-corrected chi connectivity index (χ0v) is 20.3. The summed E-state index contributed by atoms with van der Waals surface area (Å²) in [6, 6.07) is 11.1. The van der Waals surface area contributed by atoms with Crippen molar-refractivity contribution in [2.75, 3.05) is 18.6 Å². The Morgan fingerprint density at radius 1 is 1.30 bits per heavy atom. The lowest BCUT2D eigenvalue weighted by molar-refractivity contribution is 0.0929. The second kappa shape index (κ2) is 8.94. The number of ether oxygens (including phenoxy) is 1. The molecule has 1 N–H and O–H groups in total. The summed E-state index contributed by atoms with van der Waals surface area (Å²) in [7, 11) is 1.56. The molecule has 2 heterocycles. The van der Waals surface area contributed by atoms with Gasteiger partial charge in [0.05, 0.1) is 23.9 Å². The third-order valence-electron chi connectivity index (χ3n) is 5.86. The van der Waals surface area contributed by atoms with Gasteiger partial charge in [0, 0.05) is 28.7 Å². The molecule has 172 valence electrons. The predicted molar refractivity (Wildman–Crippen MR) is 135 cm³/mol. The van der Waals surface area contributed by atoms with Crippen LogP contribution < -0.4 is 15.1 Å². The van der Waals surface area contributed by atoms with Gasteiger partial charge < -0.3 is 14.1 Å². The average molecular weight is 466 g/mol. The van der Waals surface area contributed by atoms with Crippen molar-refractivity contribution in [2.45, 2.75) is 39.7 Å². The van der Waals surface area contributed by atoms with Gasteiger partial charge in [0.25, 0.3) is 0 Å². The number of halogens is 1. The molecule has 6 nitrogen and oxygen atoms in total. The van der Waals surface area contributed by atoms with Gasteiger partial charge in [-0.2, -0.15) is 5.10 Å². The van der Waals surface area contributed by atoms with E-state index in [0.717, 1.165) is 35.2 Å². The van der Waals surface area contributed by atoms with Gasteiger partial charge in [-0.05, 0) is 57.0 Å². The van der Waals surface area contributed by atoms with Crippen LogP contribution in [0.2, 0.25) is 5.02 Å². The molecule has 1 aliphatic rings. The first kappa shape index (κ1) is 22.9. The number of hydrogen-bond acceptors (Lipinski definition) is 5. The summed E-state index contributed by atoms with van der Waals surface area (Å²) in [6.07, 6.45) is 4.87. The monoisotopic (exact) mass is 465 g/mol. The van der Waals surface area contributed by atoms with E-state index in [1.165, 1.54) is 5.57 Å². The fourth-order valence-electron chi connectivity index (χ4n) is 4.37. The molecule has 1 amide bonds. The van der Waals surface area contributed by atoms with Gasteiger partial charge in [0.1, 0.15) is 0 Å². The molecule has 0 fully saturated rings. The molecule has 0 radical (unpaired) electrons. The Morgan fingerprint density at radius 3 is 2.82 bits per heavy atom. The summed E-state index contributed by atoms with van der Waals surface area (Å²) in [4.78, 5) is 14.9. The molecule has 0 aliphatic carbocycles. The van der Waals surface area contributed by atoms with Crippen molar-refractivity contribution in [3.05, 3.63) is 64.4 Å². The number of carbonyl (C=O) groups excluding carboxylic acids is 1. The van der Waals surface area contributed by atoms with Crippen molar-refractivity contribution in [3.8, 4) is 5.75 Å². The maximum absolute atomic E-state index is 12.6. The minimum Gasteiger partial charge on any atom is -0.493 e. The fourth-order valence-corrected chi connectivity index (χ4v) is 4.58. The molecule has 0 saturated carbocycles. The molecule has 0 atom stereocenters. The van der Waals surface area contributed by atoms with Crippen LogP contribution in [-0.4, -0.2) is 31.3 Å². The van der Waals surface area contributed by atoms with E-state index < -0.39 is 5.91 Å². The first-order valence-corrected chi connectivity index (χ1v) is 11.3. The molecule has 0 saturated heterocycles.